The summed E-state index contributed by atoms with van der Waals surface area (Å²) in [5.41, 5.74) is 4.67. The first-order chi connectivity index (χ1) is 7.20. The zero-order valence-corrected chi connectivity index (χ0v) is 9.91. The van der Waals surface area contributed by atoms with Gasteiger partial charge >= 0.3 is 5.69 Å². The molecule has 0 aromatic carbocycles. The summed E-state index contributed by atoms with van der Waals surface area (Å²) in [6.07, 6.45) is 1.18. The van der Waals surface area contributed by atoms with E-state index in [1.165, 1.54) is 16.3 Å². The van der Waals surface area contributed by atoms with E-state index in [0.29, 0.717) is 5.75 Å². The molecule has 16 heavy (non-hydrogen) atoms. The molecule has 1 fully saturated rings. The Labute approximate surface area is 102 Å². The molecule has 0 saturated carbocycles. The van der Waals surface area contributed by atoms with Gasteiger partial charge in [0.1, 0.15) is 17.5 Å². The van der Waals surface area contributed by atoms with Gasteiger partial charge in [0.2, 0.25) is 0 Å². The Balaban J connectivity index is 0.00000128. The van der Waals surface area contributed by atoms with Gasteiger partial charge in [0.15, 0.2) is 0 Å². The van der Waals surface area contributed by atoms with Crippen LogP contribution in [0.5, 0.6) is 0 Å². The van der Waals surface area contributed by atoms with Crippen molar-refractivity contribution in [2.45, 2.75) is 11.7 Å². The van der Waals surface area contributed by atoms with Crippen molar-refractivity contribution >= 4 is 30.0 Å². The van der Waals surface area contributed by atoms with Crippen LogP contribution < -0.4 is 11.4 Å². The van der Waals surface area contributed by atoms with Gasteiger partial charge in [-0.1, -0.05) is 0 Å². The van der Waals surface area contributed by atoms with E-state index in [1.807, 2.05) is 0 Å². The molecule has 1 saturated heterocycles. The maximum Gasteiger partial charge on any atom is 0.351 e. The van der Waals surface area contributed by atoms with Crippen LogP contribution in [0.3, 0.4) is 0 Å². The molecule has 1 aromatic heterocycles. The lowest BCUT2D eigenvalue weighted by Crippen LogP contribution is -2.28. The first kappa shape index (κ1) is 13.3. The molecule has 0 aliphatic carbocycles. The zero-order chi connectivity index (χ0) is 10.8. The SMILES string of the molecule is Cl.Nc1ccn([C@H]2CS[C@@H](CO)O2)c(=O)n1. The predicted molar refractivity (Wildman–Crippen MR) is 63.6 cm³/mol. The molecule has 1 aromatic rings. The first-order valence-electron chi connectivity index (χ1n) is 4.43. The molecule has 8 heteroatoms. The topological polar surface area (TPSA) is 90.4 Å². The van der Waals surface area contributed by atoms with Crippen LogP contribution in [0.2, 0.25) is 0 Å². The normalized spacial score (nSPS) is 24.1. The van der Waals surface area contributed by atoms with Gasteiger partial charge in [-0.25, -0.2) is 4.79 Å². The van der Waals surface area contributed by atoms with Crippen molar-refractivity contribution in [1.29, 1.82) is 0 Å². The van der Waals surface area contributed by atoms with Gasteiger partial charge in [0, 0.05) is 11.9 Å². The summed E-state index contributed by atoms with van der Waals surface area (Å²) in [6, 6.07) is 1.54. The molecule has 3 N–H and O–H groups in total. The molecule has 90 valence electrons. The quantitative estimate of drug-likeness (QED) is 0.772. The largest absolute Gasteiger partial charge is 0.393 e. The lowest BCUT2D eigenvalue weighted by Gasteiger charge is -2.13. The van der Waals surface area contributed by atoms with Crippen LogP contribution >= 0.6 is 24.2 Å². The van der Waals surface area contributed by atoms with Gasteiger partial charge in [-0.15, -0.1) is 24.2 Å². The Morgan fingerprint density at radius 2 is 2.50 bits per heavy atom. The number of nitrogens with zero attached hydrogens (tertiary/aromatic N) is 2. The zero-order valence-electron chi connectivity index (χ0n) is 8.28. The summed E-state index contributed by atoms with van der Waals surface area (Å²) >= 11 is 1.47. The van der Waals surface area contributed by atoms with Gasteiger partial charge in [0.25, 0.3) is 0 Å². The third-order valence-electron chi connectivity index (χ3n) is 2.04. The summed E-state index contributed by atoms with van der Waals surface area (Å²) in [6.45, 7) is -0.0572. The van der Waals surface area contributed by atoms with Gasteiger partial charge in [-0.05, 0) is 6.07 Å². The van der Waals surface area contributed by atoms with Crippen LogP contribution in [-0.2, 0) is 4.74 Å². The van der Waals surface area contributed by atoms with Crippen LogP contribution in [0, 0.1) is 0 Å². The van der Waals surface area contributed by atoms with Crippen molar-refractivity contribution < 1.29 is 9.84 Å². The molecular weight excluding hydrogens is 254 g/mol. The molecule has 2 heterocycles. The molecule has 0 unspecified atom stereocenters. The van der Waals surface area contributed by atoms with Crippen LogP contribution in [0.4, 0.5) is 5.82 Å². The summed E-state index contributed by atoms with van der Waals surface area (Å²) in [5.74, 6) is 0.817. The van der Waals surface area contributed by atoms with E-state index in [2.05, 4.69) is 4.98 Å². The second-order valence-corrected chi connectivity index (χ2v) is 4.27. The number of ether oxygens (including phenoxy) is 1. The van der Waals surface area contributed by atoms with Gasteiger partial charge in [-0.3, -0.25) is 4.57 Å². The van der Waals surface area contributed by atoms with E-state index in [9.17, 15) is 4.79 Å². The average Bonchev–Trinajstić information content (AvgIpc) is 2.66. The van der Waals surface area contributed by atoms with Crippen molar-refractivity contribution in [3.63, 3.8) is 0 Å². The number of halogens is 1. The average molecular weight is 266 g/mol. The maximum absolute atomic E-state index is 11.4. The molecule has 1 aliphatic rings. The van der Waals surface area contributed by atoms with E-state index < -0.39 is 5.69 Å². The number of aliphatic hydroxyl groups is 1. The van der Waals surface area contributed by atoms with Crippen molar-refractivity contribution in [1.82, 2.24) is 9.55 Å². The molecule has 2 atom stereocenters. The fraction of sp³-hybridized carbons (Fsp3) is 0.500. The summed E-state index contributed by atoms with van der Waals surface area (Å²) in [4.78, 5) is 15.0. The maximum atomic E-state index is 11.4. The summed E-state index contributed by atoms with van der Waals surface area (Å²) < 4.78 is 6.79. The van der Waals surface area contributed by atoms with Crippen LogP contribution in [0.15, 0.2) is 17.1 Å². The first-order valence-corrected chi connectivity index (χ1v) is 5.48. The minimum absolute atomic E-state index is 0. The number of aliphatic hydroxyl groups excluding tert-OH is 1. The lowest BCUT2D eigenvalue weighted by molar-refractivity contribution is -0.00629. The van der Waals surface area contributed by atoms with Crippen molar-refractivity contribution in [2.75, 3.05) is 18.1 Å². The van der Waals surface area contributed by atoms with Crippen molar-refractivity contribution in [2.24, 2.45) is 0 Å². The number of hydrogen-bond acceptors (Lipinski definition) is 6. The Morgan fingerprint density at radius 3 is 3.06 bits per heavy atom. The fourth-order valence-corrected chi connectivity index (χ4v) is 2.26. The van der Waals surface area contributed by atoms with Crippen molar-refractivity contribution in [3.8, 4) is 0 Å². The Bertz CT molecular complexity index is 414. The van der Waals surface area contributed by atoms with Crippen molar-refractivity contribution in [3.05, 3.63) is 22.7 Å². The Kier molecular flexibility index (Phi) is 4.60. The van der Waals surface area contributed by atoms with E-state index in [1.54, 1.807) is 12.3 Å². The number of thioether (sulfide) groups is 1. The third-order valence-corrected chi connectivity index (χ3v) is 3.15. The molecule has 2 rings (SSSR count). The minimum Gasteiger partial charge on any atom is -0.393 e. The van der Waals surface area contributed by atoms with Gasteiger partial charge < -0.3 is 15.6 Å². The fourth-order valence-electron chi connectivity index (χ4n) is 1.33. The summed E-state index contributed by atoms with van der Waals surface area (Å²) in [5, 5.41) is 8.88. The van der Waals surface area contributed by atoms with E-state index >= 15 is 0 Å². The highest BCUT2D eigenvalue weighted by Crippen LogP contribution is 2.30. The minimum atomic E-state index is -0.431. The summed E-state index contributed by atoms with van der Waals surface area (Å²) in [7, 11) is 0. The van der Waals surface area contributed by atoms with E-state index in [0.717, 1.165) is 0 Å². The number of rotatable bonds is 2. The molecule has 6 nitrogen and oxygen atoms in total. The lowest BCUT2D eigenvalue weighted by atomic mass is 10.5. The number of anilines is 1. The van der Waals surface area contributed by atoms with Crippen LogP contribution in [-0.4, -0.2) is 32.5 Å². The van der Waals surface area contributed by atoms with Crippen LogP contribution in [0.1, 0.15) is 6.23 Å². The number of hydrogen-bond donors (Lipinski definition) is 2. The third kappa shape index (κ3) is 2.67. The number of nitrogens with two attached hydrogens (primary N) is 1. The molecular formula is C8H12ClN3O3S. The second-order valence-electron chi connectivity index (χ2n) is 3.08. The van der Waals surface area contributed by atoms with E-state index in [4.69, 9.17) is 15.6 Å². The predicted octanol–water partition coefficient (Wildman–Crippen LogP) is -0.172. The van der Waals surface area contributed by atoms with Gasteiger partial charge in [0.05, 0.1) is 6.61 Å². The number of aromatic nitrogens is 2. The smallest absolute Gasteiger partial charge is 0.351 e. The molecule has 0 radical (unpaired) electrons. The Morgan fingerprint density at radius 1 is 1.75 bits per heavy atom. The van der Waals surface area contributed by atoms with Crippen LogP contribution in [0.25, 0.3) is 0 Å². The number of nitrogen functional groups attached to an aromatic ring is 1. The van der Waals surface area contributed by atoms with E-state index in [-0.39, 0.29) is 36.5 Å². The monoisotopic (exact) mass is 265 g/mol. The van der Waals surface area contributed by atoms with Gasteiger partial charge in [-0.2, -0.15) is 4.98 Å². The second kappa shape index (κ2) is 5.53. The molecule has 0 amide bonds. The standard InChI is InChI=1S/C8H11N3O3S.ClH/c9-5-1-2-11(8(13)10-5)6-4-15-7(3-12)14-6;/h1-2,6-7,12H,3-4H2,(H2,9,10,13);1H/t6-,7+;/m1./s1. The highest BCUT2D eigenvalue weighted by Gasteiger charge is 2.27. The highest BCUT2D eigenvalue weighted by molar-refractivity contribution is 8.00. The molecule has 1 aliphatic heterocycles. The molecule has 0 bridgehead atoms. The Hall–Kier alpha value is -0.760. The highest BCUT2D eigenvalue weighted by atomic mass is 35.5. The molecule has 0 spiro atoms.